The Balaban J connectivity index is 2.30. The van der Waals surface area contributed by atoms with Crippen LogP contribution in [0.5, 0.6) is 0 Å². The third-order valence-electron chi connectivity index (χ3n) is 3.80. The number of alkyl halides is 3. The zero-order chi connectivity index (χ0) is 14.9. The van der Waals surface area contributed by atoms with Gasteiger partial charge in [0.2, 0.25) is 0 Å². The average Bonchev–Trinajstić information content (AvgIpc) is 2.73. The van der Waals surface area contributed by atoms with Gasteiger partial charge >= 0.3 is 6.18 Å². The Kier molecular flexibility index (Phi) is 4.22. The molecule has 6 heteroatoms. The molecule has 20 heavy (non-hydrogen) atoms. The summed E-state index contributed by atoms with van der Waals surface area (Å²) in [6.45, 7) is 2.11. The van der Waals surface area contributed by atoms with Crippen LogP contribution < -0.4 is 11.1 Å². The number of rotatable bonds is 3. The highest BCUT2D eigenvalue weighted by molar-refractivity contribution is 7.80. The van der Waals surface area contributed by atoms with Gasteiger partial charge in [-0.3, -0.25) is 0 Å². The van der Waals surface area contributed by atoms with Crippen molar-refractivity contribution in [1.29, 1.82) is 0 Å². The van der Waals surface area contributed by atoms with Gasteiger partial charge in [-0.1, -0.05) is 25.6 Å². The van der Waals surface area contributed by atoms with Crippen molar-refractivity contribution in [2.45, 2.75) is 38.4 Å². The molecule has 2 rings (SSSR count). The van der Waals surface area contributed by atoms with E-state index in [0.29, 0.717) is 11.6 Å². The lowest BCUT2D eigenvalue weighted by atomic mass is 10.0. The van der Waals surface area contributed by atoms with Gasteiger partial charge in [-0.25, -0.2) is 0 Å². The van der Waals surface area contributed by atoms with Gasteiger partial charge in [-0.15, -0.1) is 0 Å². The fourth-order valence-electron chi connectivity index (χ4n) is 2.66. The highest BCUT2D eigenvalue weighted by atomic mass is 32.1. The molecule has 0 saturated heterocycles. The Morgan fingerprint density at radius 3 is 2.55 bits per heavy atom. The molecule has 0 aliphatic heterocycles. The van der Waals surface area contributed by atoms with E-state index in [1.165, 1.54) is 6.07 Å². The van der Waals surface area contributed by atoms with Crippen molar-refractivity contribution >= 4 is 22.9 Å². The summed E-state index contributed by atoms with van der Waals surface area (Å²) in [5.74, 6) is 0.472. The van der Waals surface area contributed by atoms with Crippen LogP contribution in [-0.4, -0.2) is 11.0 Å². The Morgan fingerprint density at radius 2 is 2.05 bits per heavy atom. The van der Waals surface area contributed by atoms with Crippen molar-refractivity contribution in [2.75, 3.05) is 5.32 Å². The standard InChI is InChI=1S/C14H17F3N2S/c1-8-3-2-4-12(8)19-9-5-6-10(13(18)20)11(7-9)14(15,16)17/h5-8,12,19H,2-4H2,1H3,(H2,18,20). The molecule has 1 aliphatic rings. The third-order valence-corrected chi connectivity index (χ3v) is 4.02. The lowest BCUT2D eigenvalue weighted by Gasteiger charge is -2.20. The minimum Gasteiger partial charge on any atom is -0.389 e. The van der Waals surface area contributed by atoms with Crippen LogP contribution in [0.2, 0.25) is 0 Å². The van der Waals surface area contributed by atoms with Crippen LogP contribution in [0.3, 0.4) is 0 Å². The molecular weight excluding hydrogens is 285 g/mol. The van der Waals surface area contributed by atoms with Crippen LogP contribution in [0.25, 0.3) is 0 Å². The predicted molar refractivity (Wildman–Crippen MR) is 77.8 cm³/mol. The minimum absolute atomic E-state index is 0.127. The van der Waals surface area contributed by atoms with E-state index < -0.39 is 11.7 Å². The van der Waals surface area contributed by atoms with Gasteiger partial charge in [0.05, 0.1) is 5.56 Å². The maximum absolute atomic E-state index is 13.0. The van der Waals surface area contributed by atoms with Crippen molar-refractivity contribution < 1.29 is 13.2 Å². The van der Waals surface area contributed by atoms with E-state index in [0.717, 1.165) is 25.3 Å². The normalized spacial score (nSPS) is 22.8. The molecule has 2 atom stereocenters. The Morgan fingerprint density at radius 1 is 1.35 bits per heavy atom. The monoisotopic (exact) mass is 302 g/mol. The summed E-state index contributed by atoms with van der Waals surface area (Å²) in [5.41, 5.74) is 4.92. The topological polar surface area (TPSA) is 38.0 Å². The number of thiocarbonyl (C=S) groups is 1. The molecule has 0 bridgehead atoms. The molecule has 0 aromatic heterocycles. The van der Waals surface area contributed by atoms with E-state index in [4.69, 9.17) is 5.73 Å². The van der Waals surface area contributed by atoms with Crippen molar-refractivity contribution in [2.24, 2.45) is 11.7 Å². The largest absolute Gasteiger partial charge is 0.417 e. The molecule has 0 amide bonds. The van der Waals surface area contributed by atoms with Crippen molar-refractivity contribution in [3.05, 3.63) is 29.3 Å². The summed E-state index contributed by atoms with van der Waals surface area (Å²) in [4.78, 5) is -0.238. The lowest BCUT2D eigenvalue weighted by Crippen LogP contribution is -2.23. The van der Waals surface area contributed by atoms with Crippen LogP contribution in [0, 0.1) is 5.92 Å². The molecule has 1 fully saturated rings. The second-order valence-corrected chi connectivity index (χ2v) is 5.72. The molecule has 0 spiro atoms. The number of nitrogens with one attached hydrogen (secondary N) is 1. The molecule has 2 nitrogen and oxygen atoms in total. The van der Waals surface area contributed by atoms with Gasteiger partial charge in [0.1, 0.15) is 4.99 Å². The Bertz CT molecular complexity index is 514. The number of hydrogen-bond donors (Lipinski definition) is 2. The summed E-state index contributed by atoms with van der Waals surface area (Å²) in [5, 5.41) is 3.19. The van der Waals surface area contributed by atoms with Crippen LogP contribution in [0.1, 0.15) is 37.3 Å². The van der Waals surface area contributed by atoms with Gasteiger partial charge in [0.25, 0.3) is 0 Å². The quantitative estimate of drug-likeness (QED) is 0.831. The summed E-state index contributed by atoms with van der Waals surface area (Å²) in [6, 6.07) is 4.27. The van der Waals surface area contributed by atoms with Crippen molar-refractivity contribution in [3.8, 4) is 0 Å². The minimum atomic E-state index is -4.46. The zero-order valence-corrected chi connectivity index (χ0v) is 11.9. The average molecular weight is 302 g/mol. The van der Waals surface area contributed by atoms with Crippen LogP contribution in [0.4, 0.5) is 18.9 Å². The molecule has 3 N–H and O–H groups in total. The second-order valence-electron chi connectivity index (χ2n) is 5.28. The van der Waals surface area contributed by atoms with Crippen molar-refractivity contribution in [1.82, 2.24) is 0 Å². The number of nitrogens with two attached hydrogens (primary N) is 1. The molecule has 110 valence electrons. The maximum atomic E-state index is 13.0. The third kappa shape index (κ3) is 3.23. The van der Waals surface area contributed by atoms with Gasteiger partial charge < -0.3 is 11.1 Å². The summed E-state index contributed by atoms with van der Waals surface area (Å²) in [6.07, 6.45) is -1.26. The maximum Gasteiger partial charge on any atom is 0.417 e. The summed E-state index contributed by atoms with van der Waals surface area (Å²) >= 11 is 4.68. The second kappa shape index (κ2) is 5.60. The number of anilines is 1. The number of benzene rings is 1. The molecular formula is C14H17F3N2S. The molecule has 1 aromatic rings. The fraction of sp³-hybridized carbons (Fsp3) is 0.500. The highest BCUT2D eigenvalue weighted by Gasteiger charge is 2.34. The lowest BCUT2D eigenvalue weighted by molar-refractivity contribution is -0.137. The predicted octanol–water partition coefficient (Wildman–Crippen LogP) is 3.94. The van der Waals surface area contributed by atoms with E-state index in [1.54, 1.807) is 6.07 Å². The Labute approximate surface area is 121 Å². The summed E-state index contributed by atoms with van der Waals surface area (Å²) < 4.78 is 39.1. The molecule has 1 saturated carbocycles. The first kappa shape index (κ1) is 15.1. The summed E-state index contributed by atoms with van der Waals surface area (Å²) in [7, 11) is 0. The first-order valence-corrected chi connectivity index (χ1v) is 6.97. The van der Waals surface area contributed by atoms with Crippen LogP contribution in [0.15, 0.2) is 18.2 Å². The first-order valence-electron chi connectivity index (χ1n) is 6.56. The van der Waals surface area contributed by atoms with E-state index >= 15 is 0 Å². The molecule has 0 radical (unpaired) electrons. The SMILES string of the molecule is CC1CCCC1Nc1ccc(C(N)=S)c(C(F)(F)F)c1. The number of halogens is 3. The van der Waals surface area contributed by atoms with Gasteiger partial charge in [0, 0.05) is 17.3 Å². The molecule has 1 aliphatic carbocycles. The number of hydrogen-bond acceptors (Lipinski definition) is 2. The van der Waals surface area contributed by atoms with Gasteiger partial charge in [-0.2, -0.15) is 13.2 Å². The zero-order valence-electron chi connectivity index (χ0n) is 11.1. The van der Waals surface area contributed by atoms with Crippen LogP contribution >= 0.6 is 12.2 Å². The van der Waals surface area contributed by atoms with E-state index in [-0.39, 0.29) is 16.6 Å². The molecule has 0 heterocycles. The Hall–Kier alpha value is -1.30. The first-order chi connectivity index (χ1) is 9.29. The van der Waals surface area contributed by atoms with E-state index in [9.17, 15) is 13.2 Å². The van der Waals surface area contributed by atoms with Crippen LogP contribution in [-0.2, 0) is 6.18 Å². The highest BCUT2D eigenvalue weighted by Crippen LogP contribution is 2.35. The van der Waals surface area contributed by atoms with E-state index in [1.807, 2.05) is 0 Å². The van der Waals surface area contributed by atoms with Gasteiger partial charge in [-0.05, 0) is 37.0 Å². The van der Waals surface area contributed by atoms with Gasteiger partial charge in [0.15, 0.2) is 0 Å². The van der Waals surface area contributed by atoms with Crippen molar-refractivity contribution in [3.63, 3.8) is 0 Å². The smallest absolute Gasteiger partial charge is 0.389 e. The molecule has 2 unspecified atom stereocenters. The molecule has 1 aromatic carbocycles. The fourth-order valence-corrected chi connectivity index (χ4v) is 2.84. The van der Waals surface area contributed by atoms with E-state index in [2.05, 4.69) is 24.5 Å².